The Morgan fingerprint density at radius 3 is 2.54 bits per heavy atom. The molecule has 1 N–H and O–H groups in total. The van der Waals surface area contributed by atoms with Crippen molar-refractivity contribution < 1.29 is 54.1 Å². The molecule has 0 bridgehead atoms. The predicted octanol–water partition coefficient (Wildman–Crippen LogP) is -2.38. The van der Waals surface area contributed by atoms with Gasteiger partial charge >= 0.3 is 29.6 Å². The number of rotatable bonds is 5. The average Bonchev–Trinajstić information content (AvgIpc) is 2.82. The Balaban J connectivity index is 0.00000208. The van der Waals surface area contributed by atoms with E-state index in [9.17, 15) is 19.8 Å². The maximum atomic E-state index is 12.1. The minimum absolute atomic E-state index is 0. The average molecular weight is 375 g/mol. The molecule has 1 aromatic rings. The first kappa shape index (κ1) is 19.7. The largest absolute Gasteiger partial charge is 1.00 e. The Morgan fingerprint density at radius 2 is 2.04 bits per heavy atom. The molecule has 2 aliphatic heterocycles. The molecule has 3 rings (SSSR count). The fourth-order valence-corrected chi connectivity index (χ4v) is 4.43. The number of aliphatic carboxylic acids is 1. The fraction of sp³-hybridized carbons (Fsp3) is 0.333. The van der Waals surface area contributed by atoms with E-state index in [1.807, 2.05) is 18.4 Å². The molecule has 2 aliphatic rings. The molecular formula is C15H14NNaO5S2. The van der Waals surface area contributed by atoms with Crippen molar-refractivity contribution in [1.82, 2.24) is 4.90 Å². The van der Waals surface area contributed by atoms with Gasteiger partial charge in [-0.05, 0) is 37.4 Å². The van der Waals surface area contributed by atoms with Crippen LogP contribution in [0.25, 0.3) is 0 Å². The van der Waals surface area contributed by atoms with Crippen LogP contribution in [-0.2, 0) is 9.59 Å². The molecule has 0 aromatic heterocycles. The molecule has 1 aromatic carbocycles. The van der Waals surface area contributed by atoms with Gasteiger partial charge < -0.3 is 19.7 Å². The summed E-state index contributed by atoms with van der Waals surface area (Å²) in [6, 6.07) is 7.18. The standard InChI is InChI=1S/C15H15NO5S2.Na/c1-7(17)10-12(18)16-11(14(19)20)15(23-13(10)16)21-8-3-5-9(22-2)6-4-8;/h3-7,10,13,17H,1-2H3,(H,19,20);/q;+1/p-1/t7-,10+,13-;/m1./s1. The summed E-state index contributed by atoms with van der Waals surface area (Å²) in [5.41, 5.74) is -0.268. The van der Waals surface area contributed by atoms with Crippen molar-refractivity contribution in [3.8, 4) is 5.75 Å². The van der Waals surface area contributed by atoms with Gasteiger partial charge in [0.1, 0.15) is 16.8 Å². The molecule has 9 heteroatoms. The van der Waals surface area contributed by atoms with Gasteiger partial charge in [-0.3, -0.25) is 9.69 Å². The number of benzene rings is 1. The molecule has 0 radical (unpaired) electrons. The first-order valence-corrected chi connectivity index (χ1v) is 8.99. The van der Waals surface area contributed by atoms with Crippen LogP contribution in [0.4, 0.5) is 0 Å². The van der Waals surface area contributed by atoms with Crippen LogP contribution in [0.5, 0.6) is 5.75 Å². The second-order valence-corrected chi connectivity index (χ2v) is 7.15. The van der Waals surface area contributed by atoms with Crippen LogP contribution in [-0.4, -0.2) is 39.6 Å². The summed E-state index contributed by atoms with van der Waals surface area (Å²) in [6.45, 7) is 1.51. The number of hydrogen-bond acceptors (Lipinski definition) is 7. The zero-order valence-electron chi connectivity index (χ0n) is 13.4. The van der Waals surface area contributed by atoms with Crippen LogP contribution in [0.15, 0.2) is 39.9 Å². The van der Waals surface area contributed by atoms with Gasteiger partial charge in [0.2, 0.25) is 5.91 Å². The SMILES string of the molecule is CSc1ccc(OC2=C(C(=O)[O-])N3C(=O)[C@H]([C@@H](C)O)[C@H]3S2)cc1.[Na+]. The van der Waals surface area contributed by atoms with Gasteiger partial charge in [-0.2, -0.15) is 0 Å². The second-order valence-electron chi connectivity index (χ2n) is 5.18. The Morgan fingerprint density at radius 1 is 1.42 bits per heavy atom. The van der Waals surface area contributed by atoms with Gasteiger partial charge in [-0.15, -0.1) is 11.8 Å². The zero-order valence-corrected chi connectivity index (χ0v) is 17.0. The number of aliphatic hydroxyl groups excluding tert-OH is 1. The van der Waals surface area contributed by atoms with Crippen molar-refractivity contribution in [2.24, 2.45) is 5.92 Å². The maximum absolute atomic E-state index is 12.1. The first-order chi connectivity index (χ1) is 10.9. The van der Waals surface area contributed by atoms with E-state index in [-0.39, 0.29) is 40.3 Å². The molecule has 0 unspecified atom stereocenters. The smallest absolute Gasteiger partial charge is 0.543 e. The Kier molecular flexibility index (Phi) is 6.33. The van der Waals surface area contributed by atoms with Crippen LogP contribution >= 0.6 is 23.5 Å². The van der Waals surface area contributed by atoms with Crippen molar-refractivity contribution in [3.63, 3.8) is 0 Å². The van der Waals surface area contributed by atoms with E-state index in [0.29, 0.717) is 5.75 Å². The summed E-state index contributed by atoms with van der Waals surface area (Å²) in [4.78, 5) is 25.6. The quantitative estimate of drug-likeness (QED) is 0.349. The number of carboxylic acid groups (broad SMARTS) is 1. The Labute approximate surface area is 169 Å². The number of β-lactam (4-membered cyclic amide) rings is 1. The summed E-state index contributed by atoms with van der Waals surface area (Å²) < 4.78 is 5.64. The molecule has 1 amide bonds. The van der Waals surface area contributed by atoms with Gasteiger partial charge in [-0.1, -0.05) is 11.8 Å². The Hall–Kier alpha value is -0.640. The van der Waals surface area contributed by atoms with E-state index in [1.54, 1.807) is 23.9 Å². The maximum Gasteiger partial charge on any atom is 1.00 e. The molecule has 0 saturated carbocycles. The summed E-state index contributed by atoms with van der Waals surface area (Å²) in [5, 5.41) is 20.7. The third kappa shape index (κ3) is 3.36. The van der Waals surface area contributed by atoms with E-state index >= 15 is 0 Å². The fourth-order valence-electron chi connectivity index (χ4n) is 2.56. The van der Waals surface area contributed by atoms with E-state index < -0.39 is 29.3 Å². The number of carbonyl (C=O) groups is 2. The number of carbonyl (C=O) groups excluding carboxylic acids is 2. The van der Waals surface area contributed by atoms with Gasteiger partial charge in [-0.25, -0.2) is 0 Å². The van der Waals surface area contributed by atoms with Crippen LogP contribution < -0.4 is 39.4 Å². The van der Waals surface area contributed by atoms with Gasteiger partial charge in [0.25, 0.3) is 0 Å². The zero-order chi connectivity index (χ0) is 16.7. The molecule has 1 fully saturated rings. The van der Waals surface area contributed by atoms with Crippen LogP contribution in [0.1, 0.15) is 6.92 Å². The normalized spacial score (nSPS) is 23.3. The predicted molar refractivity (Wildman–Crippen MR) is 84.3 cm³/mol. The number of aliphatic hydroxyl groups is 1. The molecule has 3 atom stereocenters. The van der Waals surface area contributed by atoms with Crippen molar-refractivity contribution in [1.29, 1.82) is 0 Å². The minimum atomic E-state index is -1.46. The number of ether oxygens (including phenoxy) is 1. The Bertz CT molecular complexity index is 692. The third-order valence-corrected chi connectivity index (χ3v) is 5.71. The van der Waals surface area contributed by atoms with E-state index in [4.69, 9.17) is 4.74 Å². The van der Waals surface area contributed by atoms with Gasteiger partial charge in [0, 0.05) is 4.90 Å². The van der Waals surface area contributed by atoms with Crippen LogP contribution in [0, 0.1) is 5.92 Å². The summed E-state index contributed by atoms with van der Waals surface area (Å²) in [5.74, 6) is -2.04. The van der Waals surface area contributed by atoms with E-state index in [0.717, 1.165) is 21.6 Å². The van der Waals surface area contributed by atoms with Gasteiger partial charge in [0.05, 0.1) is 18.0 Å². The first-order valence-electron chi connectivity index (χ1n) is 6.89. The minimum Gasteiger partial charge on any atom is -0.543 e. The molecule has 0 spiro atoms. The molecule has 24 heavy (non-hydrogen) atoms. The van der Waals surface area contributed by atoms with Crippen molar-refractivity contribution in [3.05, 3.63) is 35.1 Å². The van der Waals surface area contributed by atoms with Crippen molar-refractivity contribution >= 4 is 35.4 Å². The molecule has 6 nitrogen and oxygen atoms in total. The number of fused-ring (bicyclic) bond motifs is 1. The summed E-state index contributed by atoms with van der Waals surface area (Å²) in [6.07, 6.45) is 1.10. The molecule has 0 aliphatic carbocycles. The number of hydrogen-bond donors (Lipinski definition) is 1. The number of thioether (sulfide) groups is 2. The topological polar surface area (TPSA) is 89.9 Å². The number of nitrogens with zero attached hydrogens (tertiary/aromatic N) is 1. The number of amides is 1. The van der Waals surface area contributed by atoms with Crippen LogP contribution in [0.3, 0.4) is 0 Å². The third-order valence-electron chi connectivity index (χ3n) is 3.73. The molecule has 2 heterocycles. The molecule has 122 valence electrons. The van der Waals surface area contributed by atoms with Crippen LogP contribution in [0.2, 0.25) is 0 Å². The van der Waals surface area contributed by atoms with Gasteiger partial charge in [0.15, 0.2) is 5.09 Å². The van der Waals surface area contributed by atoms with E-state index in [1.165, 1.54) is 6.92 Å². The van der Waals surface area contributed by atoms with E-state index in [2.05, 4.69) is 0 Å². The summed E-state index contributed by atoms with van der Waals surface area (Å²) in [7, 11) is 0. The molecule has 1 saturated heterocycles. The number of carboxylic acids is 1. The molecular weight excluding hydrogens is 361 g/mol. The van der Waals surface area contributed by atoms with Crippen molar-refractivity contribution in [2.75, 3.05) is 6.26 Å². The van der Waals surface area contributed by atoms with Crippen molar-refractivity contribution in [2.45, 2.75) is 23.3 Å². The summed E-state index contributed by atoms with van der Waals surface area (Å²) >= 11 is 2.70. The second kappa shape index (κ2) is 7.72. The monoisotopic (exact) mass is 375 g/mol.